The Kier molecular flexibility index (Phi) is 5.48. The van der Waals surface area contributed by atoms with E-state index < -0.39 is 0 Å². The molecule has 1 aromatic rings. The molecule has 100 valence electrons. The zero-order valence-electron chi connectivity index (χ0n) is 11.2. The number of nitrogens with zero attached hydrogens (tertiary/aromatic N) is 1. The average Bonchev–Trinajstić information content (AvgIpc) is 2.37. The van der Waals surface area contributed by atoms with Gasteiger partial charge in [-0.1, -0.05) is 30.7 Å². The molecule has 3 heteroatoms. The molecule has 0 saturated carbocycles. The number of nitrogens with one attached hydrogen (secondary N) is 1. The minimum absolute atomic E-state index is 0.665. The third kappa shape index (κ3) is 4.27. The van der Waals surface area contributed by atoms with Crippen LogP contribution >= 0.6 is 11.6 Å². The van der Waals surface area contributed by atoms with E-state index in [-0.39, 0.29) is 0 Å². The number of hydrogen-bond acceptors (Lipinski definition) is 2. The van der Waals surface area contributed by atoms with Gasteiger partial charge in [0.25, 0.3) is 0 Å². The summed E-state index contributed by atoms with van der Waals surface area (Å²) in [6.07, 6.45) is 3.82. The summed E-state index contributed by atoms with van der Waals surface area (Å²) in [4.78, 5) is 2.53. The average molecular weight is 267 g/mol. The van der Waals surface area contributed by atoms with Crippen LogP contribution in [0, 0.1) is 0 Å². The highest BCUT2D eigenvalue weighted by atomic mass is 35.5. The minimum atomic E-state index is 0.665. The molecule has 18 heavy (non-hydrogen) atoms. The third-order valence-corrected chi connectivity index (χ3v) is 3.72. The van der Waals surface area contributed by atoms with Crippen LogP contribution in [-0.2, 0) is 6.54 Å². The number of halogens is 1. The predicted molar refractivity (Wildman–Crippen MR) is 78.0 cm³/mol. The Hall–Kier alpha value is -0.570. The van der Waals surface area contributed by atoms with Crippen LogP contribution in [0.1, 0.15) is 31.7 Å². The molecule has 1 heterocycles. The van der Waals surface area contributed by atoms with Crippen LogP contribution < -0.4 is 5.32 Å². The summed E-state index contributed by atoms with van der Waals surface area (Å²) in [5, 5.41) is 4.47. The fraction of sp³-hybridized carbons (Fsp3) is 0.600. The molecule has 1 N–H and O–H groups in total. The normalized spacial score (nSPS) is 21.1. The molecule has 1 saturated heterocycles. The zero-order valence-corrected chi connectivity index (χ0v) is 11.9. The first kappa shape index (κ1) is 13.9. The van der Waals surface area contributed by atoms with Crippen LogP contribution in [0.4, 0.5) is 0 Å². The van der Waals surface area contributed by atoms with Crippen LogP contribution in [0.2, 0.25) is 5.02 Å². The van der Waals surface area contributed by atoms with Gasteiger partial charge in [-0.25, -0.2) is 0 Å². The van der Waals surface area contributed by atoms with Crippen LogP contribution in [0.25, 0.3) is 0 Å². The maximum absolute atomic E-state index is 6.03. The SMILES string of the molecule is CCCNC1CCCN(Cc2cccc(Cl)c2)C1. The summed E-state index contributed by atoms with van der Waals surface area (Å²) in [5.41, 5.74) is 1.32. The lowest BCUT2D eigenvalue weighted by atomic mass is 10.0. The topological polar surface area (TPSA) is 15.3 Å². The van der Waals surface area contributed by atoms with Gasteiger partial charge >= 0.3 is 0 Å². The van der Waals surface area contributed by atoms with Crippen molar-refractivity contribution >= 4 is 11.6 Å². The monoisotopic (exact) mass is 266 g/mol. The van der Waals surface area contributed by atoms with Gasteiger partial charge in [0.05, 0.1) is 0 Å². The molecule has 0 radical (unpaired) electrons. The largest absolute Gasteiger partial charge is 0.313 e. The number of piperidine rings is 1. The second kappa shape index (κ2) is 7.13. The fourth-order valence-electron chi connectivity index (χ4n) is 2.61. The van der Waals surface area contributed by atoms with E-state index in [1.807, 2.05) is 12.1 Å². The molecule has 1 atom stereocenters. The van der Waals surface area contributed by atoms with Gasteiger partial charge in [-0.2, -0.15) is 0 Å². The van der Waals surface area contributed by atoms with Crippen molar-refractivity contribution in [1.29, 1.82) is 0 Å². The summed E-state index contributed by atoms with van der Waals surface area (Å²) in [6.45, 7) is 6.74. The molecule has 1 unspecified atom stereocenters. The molecule has 0 aromatic heterocycles. The van der Waals surface area contributed by atoms with Crippen LogP contribution in [0.5, 0.6) is 0 Å². The van der Waals surface area contributed by atoms with Crippen LogP contribution in [-0.4, -0.2) is 30.6 Å². The van der Waals surface area contributed by atoms with Crippen molar-refractivity contribution in [2.75, 3.05) is 19.6 Å². The predicted octanol–water partition coefficient (Wildman–Crippen LogP) is 3.30. The van der Waals surface area contributed by atoms with Gasteiger partial charge in [0.15, 0.2) is 0 Å². The highest BCUT2D eigenvalue weighted by molar-refractivity contribution is 6.30. The van der Waals surface area contributed by atoms with Gasteiger partial charge in [-0.05, 0) is 50.0 Å². The van der Waals surface area contributed by atoms with Gasteiger partial charge in [0.2, 0.25) is 0 Å². The molecular weight excluding hydrogens is 244 g/mol. The van der Waals surface area contributed by atoms with Crippen molar-refractivity contribution in [1.82, 2.24) is 10.2 Å². The fourth-order valence-corrected chi connectivity index (χ4v) is 2.82. The Balaban J connectivity index is 1.85. The highest BCUT2D eigenvalue weighted by Gasteiger charge is 2.18. The van der Waals surface area contributed by atoms with E-state index in [9.17, 15) is 0 Å². The summed E-state index contributed by atoms with van der Waals surface area (Å²) in [5.74, 6) is 0. The van der Waals surface area contributed by atoms with E-state index in [1.54, 1.807) is 0 Å². The third-order valence-electron chi connectivity index (χ3n) is 3.48. The Morgan fingerprint density at radius 1 is 1.44 bits per heavy atom. The molecule has 0 spiro atoms. The summed E-state index contributed by atoms with van der Waals surface area (Å²) in [6, 6.07) is 8.87. The van der Waals surface area contributed by atoms with E-state index in [0.717, 1.165) is 24.7 Å². The van der Waals surface area contributed by atoms with Gasteiger partial charge in [-0.15, -0.1) is 0 Å². The van der Waals surface area contributed by atoms with Crippen LogP contribution in [0.3, 0.4) is 0 Å². The lowest BCUT2D eigenvalue weighted by Gasteiger charge is -2.33. The molecule has 0 aliphatic carbocycles. The van der Waals surface area contributed by atoms with E-state index >= 15 is 0 Å². The van der Waals surface area contributed by atoms with Crippen molar-refractivity contribution in [3.8, 4) is 0 Å². The van der Waals surface area contributed by atoms with Gasteiger partial charge in [-0.3, -0.25) is 4.90 Å². The Bertz CT molecular complexity index is 367. The lowest BCUT2D eigenvalue weighted by Crippen LogP contribution is -2.45. The molecule has 0 bridgehead atoms. The second-order valence-corrected chi connectivity index (χ2v) is 5.59. The Labute approximate surface area is 115 Å². The molecule has 1 aromatic carbocycles. The number of benzene rings is 1. The number of likely N-dealkylation sites (tertiary alicyclic amines) is 1. The maximum Gasteiger partial charge on any atom is 0.0409 e. The van der Waals surface area contributed by atoms with Gasteiger partial charge < -0.3 is 5.32 Å². The molecule has 1 fully saturated rings. The lowest BCUT2D eigenvalue weighted by molar-refractivity contribution is 0.183. The van der Waals surface area contributed by atoms with Crippen molar-refractivity contribution < 1.29 is 0 Å². The van der Waals surface area contributed by atoms with Crippen molar-refractivity contribution in [3.63, 3.8) is 0 Å². The van der Waals surface area contributed by atoms with E-state index in [4.69, 9.17) is 11.6 Å². The van der Waals surface area contributed by atoms with Crippen molar-refractivity contribution in [2.24, 2.45) is 0 Å². The Morgan fingerprint density at radius 3 is 3.11 bits per heavy atom. The quantitative estimate of drug-likeness (QED) is 0.880. The van der Waals surface area contributed by atoms with Crippen molar-refractivity contribution in [2.45, 2.75) is 38.8 Å². The molecule has 1 aliphatic heterocycles. The number of rotatable bonds is 5. The van der Waals surface area contributed by atoms with Gasteiger partial charge in [0, 0.05) is 24.2 Å². The van der Waals surface area contributed by atoms with E-state index in [0.29, 0.717) is 6.04 Å². The molecular formula is C15H23ClN2. The Morgan fingerprint density at radius 2 is 2.33 bits per heavy atom. The van der Waals surface area contributed by atoms with Gasteiger partial charge in [0.1, 0.15) is 0 Å². The van der Waals surface area contributed by atoms with Crippen molar-refractivity contribution in [3.05, 3.63) is 34.9 Å². The second-order valence-electron chi connectivity index (χ2n) is 5.16. The maximum atomic E-state index is 6.03. The minimum Gasteiger partial charge on any atom is -0.313 e. The summed E-state index contributed by atoms with van der Waals surface area (Å²) in [7, 11) is 0. The first-order valence-corrected chi connectivity index (χ1v) is 7.36. The number of hydrogen-bond donors (Lipinski definition) is 1. The van der Waals surface area contributed by atoms with E-state index in [2.05, 4.69) is 29.3 Å². The molecule has 0 amide bonds. The smallest absolute Gasteiger partial charge is 0.0409 e. The molecule has 1 aliphatic rings. The first-order valence-electron chi connectivity index (χ1n) is 6.98. The summed E-state index contributed by atoms with van der Waals surface area (Å²) < 4.78 is 0. The summed E-state index contributed by atoms with van der Waals surface area (Å²) >= 11 is 6.03. The molecule has 2 nitrogen and oxygen atoms in total. The standard InChI is InChI=1S/C15H23ClN2/c1-2-8-17-15-7-4-9-18(12-15)11-13-5-3-6-14(16)10-13/h3,5-6,10,15,17H,2,4,7-9,11-12H2,1H3. The molecule has 2 rings (SSSR count). The highest BCUT2D eigenvalue weighted by Crippen LogP contribution is 2.16. The first-order chi connectivity index (χ1) is 8.78. The van der Waals surface area contributed by atoms with Crippen LogP contribution in [0.15, 0.2) is 24.3 Å². The van der Waals surface area contributed by atoms with E-state index in [1.165, 1.54) is 31.4 Å². The zero-order chi connectivity index (χ0) is 12.8.